The molecule has 22 heavy (non-hydrogen) atoms. The number of aromatic nitrogens is 4. The standard InChI is InChI=1S/C14H19N5O2S/c1-18-12(5-6-17-18)14-13(15-7-8-16-14)11-4-3-9-19(10-11)22(2,20)21/h5-8,11H,3-4,9-10H2,1-2H3. The fourth-order valence-electron chi connectivity index (χ4n) is 2.92. The maximum Gasteiger partial charge on any atom is 0.211 e. The molecular formula is C14H19N5O2S. The molecule has 0 spiro atoms. The Morgan fingerprint density at radius 3 is 2.68 bits per heavy atom. The van der Waals surface area contributed by atoms with E-state index >= 15 is 0 Å². The lowest BCUT2D eigenvalue weighted by Crippen LogP contribution is -2.38. The lowest BCUT2D eigenvalue weighted by Gasteiger charge is -2.31. The fourth-order valence-corrected chi connectivity index (χ4v) is 3.83. The van der Waals surface area contributed by atoms with E-state index in [4.69, 9.17) is 0 Å². The Morgan fingerprint density at radius 2 is 2.00 bits per heavy atom. The smallest absolute Gasteiger partial charge is 0.211 e. The summed E-state index contributed by atoms with van der Waals surface area (Å²) in [7, 11) is -1.32. The topological polar surface area (TPSA) is 81.0 Å². The van der Waals surface area contributed by atoms with Gasteiger partial charge >= 0.3 is 0 Å². The molecule has 1 saturated heterocycles. The predicted molar refractivity (Wildman–Crippen MR) is 82.6 cm³/mol. The Kier molecular flexibility index (Phi) is 3.96. The van der Waals surface area contributed by atoms with Crippen LogP contribution in [0.1, 0.15) is 24.5 Å². The first-order valence-corrected chi connectivity index (χ1v) is 9.06. The van der Waals surface area contributed by atoms with Crippen molar-refractivity contribution in [1.82, 2.24) is 24.1 Å². The molecule has 0 aliphatic carbocycles. The van der Waals surface area contributed by atoms with E-state index in [1.165, 1.54) is 10.6 Å². The van der Waals surface area contributed by atoms with Crippen molar-refractivity contribution in [2.24, 2.45) is 7.05 Å². The van der Waals surface area contributed by atoms with Gasteiger partial charge in [0, 0.05) is 44.6 Å². The molecule has 8 heteroatoms. The van der Waals surface area contributed by atoms with Gasteiger partial charge in [0.05, 0.1) is 17.6 Å². The van der Waals surface area contributed by atoms with Gasteiger partial charge in [0.15, 0.2) is 0 Å². The second kappa shape index (κ2) is 5.77. The first-order chi connectivity index (χ1) is 10.5. The number of nitrogens with zero attached hydrogens (tertiary/aromatic N) is 5. The highest BCUT2D eigenvalue weighted by atomic mass is 32.2. The number of aryl methyl sites for hydroxylation is 1. The molecule has 0 saturated carbocycles. The van der Waals surface area contributed by atoms with Crippen molar-refractivity contribution in [3.8, 4) is 11.4 Å². The van der Waals surface area contributed by atoms with Gasteiger partial charge < -0.3 is 0 Å². The summed E-state index contributed by atoms with van der Waals surface area (Å²) in [6.45, 7) is 1.04. The molecule has 1 unspecified atom stereocenters. The lowest BCUT2D eigenvalue weighted by molar-refractivity contribution is 0.314. The van der Waals surface area contributed by atoms with Crippen LogP contribution in [0.15, 0.2) is 24.7 Å². The van der Waals surface area contributed by atoms with E-state index in [0.29, 0.717) is 13.1 Å². The summed E-state index contributed by atoms with van der Waals surface area (Å²) in [5.41, 5.74) is 2.52. The first-order valence-electron chi connectivity index (χ1n) is 7.21. The molecule has 0 N–H and O–H groups in total. The van der Waals surface area contributed by atoms with Crippen LogP contribution >= 0.6 is 0 Å². The lowest BCUT2D eigenvalue weighted by atomic mass is 9.93. The Hall–Kier alpha value is -1.80. The number of hydrogen-bond donors (Lipinski definition) is 0. The van der Waals surface area contributed by atoms with Crippen LogP contribution in [0, 0.1) is 0 Å². The average Bonchev–Trinajstić information content (AvgIpc) is 2.92. The third-order valence-corrected chi connectivity index (χ3v) is 5.30. The van der Waals surface area contributed by atoms with Crippen molar-refractivity contribution >= 4 is 10.0 Å². The van der Waals surface area contributed by atoms with Crippen LogP contribution in [0.3, 0.4) is 0 Å². The maximum atomic E-state index is 11.8. The monoisotopic (exact) mass is 321 g/mol. The third-order valence-electron chi connectivity index (χ3n) is 4.03. The van der Waals surface area contributed by atoms with Crippen LogP contribution in [0.2, 0.25) is 0 Å². The fraction of sp³-hybridized carbons (Fsp3) is 0.500. The van der Waals surface area contributed by atoms with Gasteiger partial charge in [0.2, 0.25) is 10.0 Å². The van der Waals surface area contributed by atoms with Crippen molar-refractivity contribution in [3.05, 3.63) is 30.4 Å². The number of hydrogen-bond acceptors (Lipinski definition) is 5. The molecule has 2 aromatic heterocycles. The zero-order chi connectivity index (χ0) is 15.7. The molecular weight excluding hydrogens is 302 g/mol. The quantitative estimate of drug-likeness (QED) is 0.843. The molecule has 3 heterocycles. The Morgan fingerprint density at radius 1 is 1.23 bits per heavy atom. The van der Waals surface area contributed by atoms with Crippen molar-refractivity contribution in [3.63, 3.8) is 0 Å². The molecule has 0 bridgehead atoms. The van der Waals surface area contributed by atoms with Crippen molar-refractivity contribution in [2.75, 3.05) is 19.3 Å². The van der Waals surface area contributed by atoms with Gasteiger partial charge in [-0.15, -0.1) is 0 Å². The third kappa shape index (κ3) is 2.89. The van der Waals surface area contributed by atoms with Crippen LogP contribution in [0.5, 0.6) is 0 Å². The van der Waals surface area contributed by atoms with Crippen LogP contribution < -0.4 is 0 Å². The minimum atomic E-state index is -3.17. The van der Waals surface area contributed by atoms with Crippen LogP contribution in [-0.4, -0.2) is 51.8 Å². The van der Waals surface area contributed by atoms with Gasteiger partial charge in [0.1, 0.15) is 5.69 Å². The van der Waals surface area contributed by atoms with Gasteiger partial charge in [-0.05, 0) is 18.9 Å². The Labute approximate surface area is 130 Å². The number of sulfonamides is 1. The van der Waals surface area contributed by atoms with Crippen molar-refractivity contribution < 1.29 is 8.42 Å². The maximum absolute atomic E-state index is 11.8. The van der Waals surface area contributed by atoms with E-state index in [1.54, 1.807) is 23.3 Å². The van der Waals surface area contributed by atoms with Gasteiger partial charge in [0.25, 0.3) is 0 Å². The van der Waals surface area contributed by atoms with E-state index in [1.807, 2.05) is 13.1 Å². The van der Waals surface area contributed by atoms with E-state index in [-0.39, 0.29) is 5.92 Å². The van der Waals surface area contributed by atoms with Crippen LogP contribution in [-0.2, 0) is 17.1 Å². The summed E-state index contributed by atoms with van der Waals surface area (Å²) in [6.07, 6.45) is 8.04. The van der Waals surface area contributed by atoms with Gasteiger partial charge in [-0.2, -0.15) is 5.10 Å². The highest BCUT2D eigenvalue weighted by molar-refractivity contribution is 7.88. The highest BCUT2D eigenvalue weighted by Gasteiger charge is 2.29. The van der Waals surface area contributed by atoms with Crippen LogP contribution in [0.4, 0.5) is 0 Å². The zero-order valence-electron chi connectivity index (χ0n) is 12.7. The van der Waals surface area contributed by atoms with E-state index in [0.717, 1.165) is 29.9 Å². The molecule has 0 radical (unpaired) electrons. The molecule has 0 aromatic carbocycles. The SMILES string of the molecule is Cn1nccc1-c1nccnc1C1CCCN(S(C)(=O)=O)C1. The van der Waals surface area contributed by atoms with E-state index < -0.39 is 10.0 Å². The summed E-state index contributed by atoms with van der Waals surface area (Å²) >= 11 is 0. The molecule has 3 rings (SSSR count). The van der Waals surface area contributed by atoms with Crippen molar-refractivity contribution in [1.29, 1.82) is 0 Å². The summed E-state index contributed by atoms with van der Waals surface area (Å²) in [4.78, 5) is 8.94. The summed E-state index contributed by atoms with van der Waals surface area (Å²) in [6, 6.07) is 1.89. The van der Waals surface area contributed by atoms with Gasteiger partial charge in [-0.3, -0.25) is 14.6 Å². The second-order valence-electron chi connectivity index (χ2n) is 5.59. The van der Waals surface area contributed by atoms with Crippen molar-refractivity contribution in [2.45, 2.75) is 18.8 Å². The molecule has 0 amide bonds. The summed E-state index contributed by atoms with van der Waals surface area (Å²) < 4.78 is 26.9. The first kappa shape index (κ1) is 15.1. The predicted octanol–water partition coefficient (Wildman–Crippen LogP) is 1.02. The summed E-state index contributed by atoms with van der Waals surface area (Å²) in [5, 5.41) is 4.18. The molecule has 118 valence electrons. The van der Waals surface area contributed by atoms with E-state index in [9.17, 15) is 8.42 Å². The van der Waals surface area contributed by atoms with Crippen LogP contribution in [0.25, 0.3) is 11.4 Å². The Balaban J connectivity index is 1.97. The zero-order valence-corrected chi connectivity index (χ0v) is 13.5. The molecule has 7 nitrogen and oxygen atoms in total. The van der Waals surface area contributed by atoms with Gasteiger partial charge in [-0.1, -0.05) is 0 Å². The number of rotatable bonds is 3. The highest BCUT2D eigenvalue weighted by Crippen LogP contribution is 2.32. The molecule has 1 atom stereocenters. The average molecular weight is 321 g/mol. The largest absolute Gasteiger partial charge is 0.266 e. The Bertz CT molecular complexity index is 771. The molecule has 1 aliphatic heterocycles. The molecule has 2 aromatic rings. The second-order valence-corrected chi connectivity index (χ2v) is 7.57. The normalized spacial score (nSPS) is 20.2. The van der Waals surface area contributed by atoms with E-state index in [2.05, 4.69) is 15.1 Å². The minimum Gasteiger partial charge on any atom is -0.266 e. The molecule has 1 aliphatic rings. The minimum absolute atomic E-state index is 0.0575. The van der Waals surface area contributed by atoms with Gasteiger partial charge in [-0.25, -0.2) is 12.7 Å². The molecule has 1 fully saturated rings. The number of piperidine rings is 1. The summed E-state index contributed by atoms with van der Waals surface area (Å²) in [5.74, 6) is 0.0575.